The van der Waals surface area contributed by atoms with Gasteiger partial charge >= 0.3 is 0 Å². The molecule has 8 heteroatoms. The van der Waals surface area contributed by atoms with Gasteiger partial charge in [-0.1, -0.05) is 12.1 Å². The molecule has 0 heterocycles. The number of nitrogens with one attached hydrogen (secondary N) is 2. The van der Waals surface area contributed by atoms with Crippen molar-refractivity contribution in [2.45, 2.75) is 20.4 Å². The van der Waals surface area contributed by atoms with E-state index >= 15 is 0 Å². The van der Waals surface area contributed by atoms with Crippen LogP contribution in [0.5, 0.6) is 0 Å². The lowest BCUT2D eigenvalue weighted by Gasteiger charge is -2.10. The molecule has 0 fully saturated rings. The average molecular weight is 316 g/mol. The van der Waals surface area contributed by atoms with Crippen LogP contribution in [0.25, 0.3) is 0 Å². The van der Waals surface area contributed by atoms with Gasteiger partial charge in [0.2, 0.25) is 10.0 Å². The quantitative estimate of drug-likeness (QED) is 0.525. The topological polar surface area (TPSA) is 96.6 Å². The molecule has 4 N–H and O–H groups in total. The molecule has 0 radical (unpaired) electrons. The lowest BCUT2D eigenvalue weighted by atomic mass is 10.1. The van der Waals surface area contributed by atoms with Crippen molar-refractivity contribution in [2.75, 3.05) is 18.8 Å². The Balaban J connectivity index is 2.64. The molecule has 118 valence electrons. The second-order valence-corrected chi connectivity index (χ2v) is 6.31. The minimum Gasteiger partial charge on any atom is -0.357 e. The van der Waals surface area contributed by atoms with Crippen molar-refractivity contribution in [3.05, 3.63) is 35.1 Å². The number of primary sulfonamides is 1. The van der Waals surface area contributed by atoms with E-state index < -0.39 is 10.0 Å². The fraction of sp³-hybridized carbons (Fsp3) is 0.462. The van der Waals surface area contributed by atoms with Crippen LogP contribution in [0.4, 0.5) is 4.39 Å². The van der Waals surface area contributed by atoms with E-state index in [-0.39, 0.29) is 18.1 Å². The van der Waals surface area contributed by atoms with Crippen molar-refractivity contribution in [1.82, 2.24) is 10.6 Å². The standard InChI is InChI=1S/C13H21FN4O2S/c1-3-16-13(17-6-7-21(15,19)20)18-9-11-4-5-12(14)10(2)8-11/h4-5,8H,3,6-7,9H2,1-2H3,(H2,15,19,20)(H2,16,17,18). The second kappa shape index (κ2) is 7.94. The number of nitrogens with zero attached hydrogens (tertiary/aromatic N) is 1. The summed E-state index contributed by atoms with van der Waals surface area (Å²) in [5, 5.41) is 10.8. The van der Waals surface area contributed by atoms with E-state index in [1.807, 2.05) is 6.92 Å². The van der Waals surface area contributed by atoms with Gasteiger partial charge in [-0.05, 0) is 31.0 Å². The Morgan fingerprint density at radius 2 is 2.10 bits per heavy atom. The Bertz CT molecular complexity index is 602. The van der Waals surface area contributed by atoms with Crippen LogP contribution >= 0.6 is 0 Å². The van der Waals surface area contributed by atoms with Crippen LogP contribution in [-0.2, 0) is 16.6 Å². The van der Waals surface area contributed by atoms with Gasteiger partial charge in [0, 0.05) is 13.1 Å². The minimum atomic E-state index is -3.50. The first-order chi connectivity index (χ1) is 9.81. The smallest absolute Gasteiger partial charge is 0.210 e. The third-order valence-electron chi connectivity index (χ3n) is 2.67. The van der Waals surface area contributed by atoms with Gasteiger partial charge in [-0.2, -0.15) is 0 Å². The van der Waals surface area contributed by atoms with Crippen molar-refractivity contribution >= 4 is 16.0 Å². The van der Waals surface area contributed by atoms with E-state index in [4.69, 9.17) is 5.14 Å². The van der Waals surface area contributed by atoms with E-state index in [0.717, 1.165) is 5.56 Å². The van der Waals surface area contributed by atoms with Gasteiger partial charge in [-0.3, -0.25) is 0 Å². The molecule has 0 aromatic heterocycles. The number of guanidine groups is 1. The molecule has 6 nitrogen and oxygen atoms in total. The molecule has 0 saturated carbocycles. The summed E-state index contributed by atoms with van der Waals surface area (Å²) < 4.78 is 34.9. The third kappa shape index (κ3) is 7.05. The molecule has 0 aliphatic rings. The summed E-state index contributed by atoms with van der Waals surface area (Å²) >= 11 is 0. The highest BCUT2D eigenvalue weighted by atomic mass is 32.2. The van der Waals surface area contributed by atoms with E-state index in [9.17, 15) is 12.8 Å². The zero-order valence-electron chi connectivity index (χ0n) is 12.2. The van der Waals surface area contributed by atoms with Crippen LogP contribution in [0.15, 0.2) is 23.2 Å². The van der Waals surface area contributed by atoms with Gasteiger partial charge < -0.3 is 10.6 Å². The predicted molar refractivity (Wildman–Crippen MR) is 81.9 cm³/mol. The average Bonchev–Trinajstić information content (AvgIpc) is 2.38. The first-order valence-corrected chi connectivity index (χ1v) is 8.31. The van der Waals surface area contributed by atoms with Gasteiger partial charge in [0.05, 0.1) is 12.3 Å². The highest BCUT2D eigenvalue weighted by molar-refractivity contribution is 7.89. The number of sulfonamides is 1. The monoisotopic (exact) mass is 316 g/mol. The summed E-state index contributed by atoms with van der Waals surface area (Å²) in [6, 6.07) is 4.80. The summed E-state index contributed by atoms with van der Waals surface area (Å²) in [4.78, 5) is 4.31. The SMILES string of the molecule is CCNC(=NCc1ccc(F)c(C)c1)NCCS(N)(=O)=O. The molecule has 0 atom stereocenters. The molecule has 0 saturated heterocycles. The maximum Gasteiger partial charge on any atom is 0.210 e. The Morgan fingerprint density at radius 1 is 1.38 bits per heavy atom. The molecule has 1 aromatic rings. The molecule has 0 aliphatic carbocycles. The maximum atomic E-state index is 13.2. The third-order valence-corrected chi connectivity index (χ3v) is 3.44. The largest absolute Gasteiger partial charge is 0.357 e. The van der Waals surface area contributed by atoms with Crippen LogP contribution in [0.3, 0.4) is 0 Å². The number of hydrogen-bond donors (Lipinski definition) is 3. The van der Waals surface area contributed by atoms with Crippen LogP contribution < -0.4 is 15.8 Å². The van der Waals surface area contributed by atoms with Gasteiger partial charge in [-0.25, -0.2) is 22.9 Å². The lowest BCUT2D eigenvalue weighted by molar-refractivity contribution is 0.596. The zero-order valence-corrected chi connectivity index (χ0v) is 13.0. The van der Waals surface area contributed by atoms with Gasteiger partial charge in [0.15, 0.2) is 5.96 Å². The lowest BCUT2D eigenvalue weighted by Crippen LogP contribution is -2.40. The predicted octanol–water partition coefficient (Wildman–Crippen LogP) is 0.478. The fourth-order valence-electron chi connectivity index (χ4n) is 1.63. The molecular weight excluding hydrogens is 295 g/mol. The first-order valence-electron chi connectivity index (χ1n) is 6.59. The van der Waals surface area contributed by atoms with E-state index in [2.05, 4.69) is 15.6 Å². The fourth-order valence-corrected chi connectivity index (χ4v) is 2.02. The second-order valence-electron chi connectivity index (χ2n) is 4.57. The molecule has 0 aliphatic heterocycles. The summed E-state index contributed by atoms with van der Waals surface area (Å²) in [7, 11) is -3.50. The maximum absolute atomic E-state index is 13.2. The highest BCUT2D eigenvalue weighted by Crippen LogP contribution is 2.09. The molecule has 1 aromatic carbocycles. The zero-order chi connectivity index (χ0) is 15.9. The van der Waals surface area contributed by atoms with Crippen molar-refractivity contribution < 1.29 is 12.8 Å². The molecule has 0 amide bonds. The van der Waals surface area contributed by atoms with Crippen molar-refractivity contribution in [3.8, 4) is 0 Å². The number of benzene rings is 1. The molecule has 0 spiro atoms. The van der Waals surface area contributed by atoms with Gasteiger partial charge in [0.25, 0.3) is 0 Å². The molecule has 21 heavy (non-hydrogen) atoms. The molecule has 1 rings (SSSR count). The Kier molecular flexibility index (Phi) is 6.57. The van der Waals surface area contributed by atoms with E-state index in [1.165, 1.54) is 6.07 Å². The number of aliphatic imine (C=N–C) groups is 1. The van der Waals surface area contributed by atoms with Crippen LogP contribution in [0, 0.1) is 12.7 Å². The normalized spacial score (nSPS) is 12.3. The Labute approximate surface area is 124 Å². The number of halogens is 1. The van der Waals surface area contributed by atoms with Gasteiger partial charge in [0.1, 0.15) is 5.82 Å². The summed E-state index contributed by atoms with van der Waals surface area (Å²) in [5.41, 5.74) is 1.44. The van der Waals surface area contributed by atoms with Gasteiger partial charge in [-0.15, -0.1) is 0 Å². The first kappa shape index (κ1) is 17.4. The Morgan fingerprint density at radius 3 is 2.67 bits per heavy atom. The summed E-state index contributed by atoms with van der Waals surface area (Å²) in [6.45, 7) is 4.78. The van der Waals surface area contributed by atoms with Crippen LogP contribution in [-0.4, -0.2) is 33.2 Å². The summed E-state index contributed by atoms with van der Waals surface area (Å²) in [6.07, 6.45) is 0. The van der Waals surface area contributed by atoms with E-state index in [1.54, 1.807) is 19.1 Å². The Hall–Kier alpha value is -1.67. The number of hydrogen-bond acceptors (Lipinski definition) is 3. The number of rotatable bonds is 6. The molecule has 0 unspecified atom stereocenters. The molecule has 0 bridgehead atoms. The van der Waals surface area contributed by atoms with Crippen LogP contribution in [0.1, 0.15) is 18.1 Å². The molecular formula is C13H21FN4O2S. The van der Waals surface area contributed by atoms with Crippen molar-refractivity contribution in [3.63, 3.8) is 0 Å². The number of aryl methyl sites for hydroxylation is 1. The summed E-state index contributed by atoms with van der Waals surface area (Å²) in [5.74, 6) is 0.0663. The minimum absolute atomic E-state index is 0.174. The van der Waals surface area contributed by atoms with E-state index in [0.29, 0.717) is 24.6 Å². The number of nitrogens with two attached hydrogens (primary N) is 1. The van der Waals surface area contributed by atoms with Crippen molar-refractivity contribution in [2.24, 2.45) is 10.1 Å². The highest BCUT2D eigenvalue weighted by Gasteiger charge is 2.04. The van der Waals surface area contributed by atoms with Crippen LogP contribution in [0.2, 0.25) is 0 Å². The van der Waals surface area contributed by atoms with Crippen molar-refractivity contribution in [1.29, 1.82) is 0 Å².